The zero-order valence-electron chi connectivity index (χ0n) is 9.80. The van der Waals surface area contributed by atoms with Crippen molar-refractivity contribution in [3.8, 4) is 6.07 Å². The molecule has 0 atom stereocenters. The summed E-state index contributed by atoms with van der Waals surface area (Å²) >= 11 is 0. The Balaban J connectivity index is 2.88. The van der Waals surface area contributed by atoms with Crippen molar-refractivity contribution in [3.05, 3.63) is 29.8 Å². The molecule has 0 aliphatic rings. The minimum atomic E-state index is -3.85. The van der Waals surface area contributed by atoms with Gasteiger partial charge in [-0.05, 0) is 19.1 Å². The summed E-state index contributed by atoms with van der Waals surface area (Å²) in [4.78, 5) is 11.0. The topological polar surface area (TPSA) is 99.1 Å². The summed E-state index contributed by atoms with van der Waals surface area (Å²) in [5, 5.41) is 11.3. The first-order valence-corrected chi connectivity index (χ1v) is 6.75. The molecule has 0 bridgehead atoms. The van der Waals surface area contributed by atoms with E-state index >= 15 is 0 Å². The number of sulfonamides is 1. The van der Waals surface area contributed by atoms with Crippen LogP contribution < -0.4 is 10.0 Å². The second-order valence-corrected chi connectivity index (χ2v) is 5.12. The van der Waals surface area contributed by atoms with Crippen LogP contribution in [0.25, 0.3) is 0 Å². The number of nitriles is 1. The average Bonchev–Trinajstić information content (AvgIpc) is 2.37. The second-order valence-electron chi connectivity index (χ2n) is 3.39. The van der Waals surface area contributed by atoms with E-state index < -0.39 is 15.9 Å². The van der Waals surface area contributed by atoms with E-state index in [2.05, 4.69) is 10.0 Å². The van der Waals surface area contributed by atoms with Crippen molar-refractivity contribution >= 4 is 15.9 Å². The van der Waals surface area contributed by atoms with Gasteiger partial charge in [-0.15, -0.1) is 0 Å². The van der Waals surface area contributed by atoms with Crippen molar-refractivity contribution in [1.82, 2.24) is 10.0 Å². The summed E-state index contributed by atoms with van der Waals surface area (Å²) in [6.07, 6.45) is 0. The van der Waals surface area contributed by atoms with E-state index in [-0.39, 0.29) is 17.0 Å². The molecule has 0 unspecified atom stereocenters. The van der Waals surface area contributed by atoms with Gasteiger partial charge in [-0.2, -0.15) is 5.26 Å². The van der Waals surface area contributed by atoms with Gasteiger partial charge in [0.2, 0.25) is 15.9 Å². The number of carbonyl (C=O) groups is 1. The van der Waals surface area contributed by atoms with Crippen LogP contribution in [0.15, 0.2) is 29.2 Å². The maximum atomic E-state index is 11.9. The highest BCUT2D eigenvalue weighted by atomic mass is 32.2. The van der Waals surface area contributed by atoms with Crippen LogP contribution >= 0.6 is 0 Å². The Hall–Kier alpha value is -1.91. The molecule has 0 heterocycles. The van der Waals surface area contributed by atoms with Crippen molar-refractivity contribution in [2.24, 2.45) is 0 Å². The van der Waals surface area contributed by atoms with E-state index in [0.29, 0.717) is 6.54 Å². The predicted molar refractivity (Wildman–Crippen MR) is 65.0 cm³/mol. The molecule has 96 valence electrons. The fraction of sp³-hybridized carbons (Fsp3) is 0.273. The lowest BCUT2D eigenvalue weighted by Crippen LogP contribution is -2.36. The zero-order valence-corrected chi connectivity index (χ0v) is 10.6. The van der Waals surface area contributed by atoms with Gasteiger partial charge in [-0.1, -0.05) is 12.1 Å². The monoisotopic (exact) mass is 267 g/mol. The van der Waals surface area contributed by atoms with Gasteiger partial charge in [0, 0.05) is 6.54 Å². The van der Waals surface area contributed by atoms with Gasteiger partial charge < -0.3 is 5.32 Å². The first kappa shape index (κ1) is 14.2. The van der Waals surface area contributed by atoms with Crippen molar-refractivity contribution < 1.29 is 13.2 Å². The number of nitrogens with one attached hydrogen (secondary N) is 2. The van der Waals surface area contributed by atoms with Crippen LogP contribution in [0.1, 0.15) is 12.5 Å². The molecule has 0 saturated heterocycles. The molecular formula is C11H13N3O3S. The van der Waals surface area contributed by atoms with E-state index in [1.165, 1.54) is 18.2 Å². The Morgan fingerprint density at radius 2 is 2.06 bits per heavy atom. The molecule has 0 spiro atoms. The molecule has 2 N–H and O–H groups in total. The number of nitrogens with zero attached hydrogens (tertiary/aromatic N) is 1. The van der Waals surface area contributed by atoms with Crippen molar-refractivity contribution in [3.63, 3.8) is 0 Å². The molecule has 0 aromatic heterocycles. The maximum Gasteiger partial charge on any atom is 0.242 e. The van der Waals surface area contributed by atoms with Crippen molar-refractivity contribution in [2.75, 3.05) is 13.1 Å². The van der Waals surface area contributed by atoms with Crippen LogP contribution in [-0.4, -0.2) is 27.4 Å². The molecule has 0 radical (unpaired) electrons. The van der Waals surface area contributed by atoms with E-state index in [0.717, 1.165) is 0 Å². The van der Waals surface area contributed by atoms with Crippen LogP contribution in [0.2, 0.25) is 0 Å². The number of likely N-dealkylation sites (N-methyl/N-ethyl adjacent to an activating group) is 1. The Kier molecular flexibility index (Phi) is 4.83. The van der Waals surface area contributed by atoms with Crippen molar-refractivity contribution in [2.45, 2.75) is 11.8 Å². The largest absolute Gasteiger partial charge is 0.355 e. The van der Waals surface area contributed by atoms with Crippen molar-refractivity contribution in [1.29, 1.82) is 5.26 Å². The summed E-state index contributed by atoms with van der Waals surface area (Å²) < 4.78 is 25.9. The third kappa shape index (κ3) is 3.55. The van der Waals surface area contributed by atoms with Crippen LogP contribution in [0.5, 0.6) is 0 Å². The van der Waals surface area contributed by atoms with Crippen LogP contribution in [0.3, 0.4) is 0 Å². The highest BCUT2D eigenvalue weighted by Crippen LogP contribution is 2.13. The molecule has 0 saturated carbocycles. The highest BCUT2D eigenvalue weighted by molar-refractivity contribution is 7.89. The summed E-state index contributed by atoms with van der Waals surface area (Å²) in [6, 6.07) is 7.60. The summed E-state index contributed by atoms with van der Waals surface area (Å²) in [5.41, 5.74) is 0.0425. The minimum Gasteiger partial charge on any atom is -0.355 e. The summed E-state index contributed by atoms with van der Waals surface area (Å²) in [7, 11) is -3.85. The molecule has 18 heavy (non-hydrogen) atoms. The number of carbonyl (C=O) groups excluding carboxylic acids is 1. The summed E-state index contributed by atoms with van der Waals surface area (Å²) in [5.74, 6) is -0.421. The van der Waals surface area contributed by atoms with Gasteiger partial charge >= 0.3 is 0 Å². The van der Waals surface area contributed by atoms with Gasteiger partial charge in [-0.3, -0.25) is 4.79 Å². The van der Waals surface area contributed by atoms with E-state index in [1.807, 2.05) is 0 Å². The third-order valence-corrected chi connectivity index (χ3v) is 3.55. The van der Waals surface area contributed by atoms with Crippen LogP contribution in [0, 0.1) is 11.3 Å². The number of rotatable bonds is 5. The maximum absolute atomic E-state index is 11.9. The SMILES string of the molecule is CCNC(=O)CNS(=O)(=O)c1ccccc1C#N. The molecule has 0 aliphatic carbocycles. The lowest BCUT2D eigenvalue weighted by molar-refractivity contribution is -0.119. The first-order chi connectivity index (χ1) is 8.51. The average molecular weight is 267 g/mol. The Morgan fingerprint density at radius 3 is 2.67 bits per heavy atom. The first-order valence-electron chi connectivity index (χ1n) is 5.26. The standard InChI is InChI=1S/C11H13N3O3S/c1-2-13-11(15)8-14-18(16,17)10-6-4-3-5-9(10)7-12/h3-6,14H,2,8H2,1H3,(H,13,15). The Morgan fingerprint density at radius 1 is 1.39 bits per heavy atom. The lowest BCUT2D eigenvalue weighted by Gasteiger charge is -2.07. The van der Waals surface area contributed by atoms with Gasteiger partial charge in [0.15, 0.2) is 0 Å². The zero-order chi connectivity index (χ0) is 13.6. The van der Waals surface area contributed by atoms with Gasteiger partial charge in [-0.25, -0.2) is 13.1 Å². The number of amides is 1. The van der Waals surface area contributed by atoms with Crippen LogP contribution in [0.4, 0.5) is 0 Å². The molecular weight excluding hydrogens is 254 g/mol. The molecule has 1 aromatic carbocycles. The van der Waals surface area contributed by atoms with Gasteiger partial charge in [0.1, 0.15) is 6.07 Å². The molecule has 1 amide bonds. The predicted octanol–water partition coefficient (Wildman–Crippen LogP) is -0.0273. The number of hydrogen-bond acceptors (Lipinski definition) is 4. The fourth-order valence-electron chi connectivity index (χ4n) is 1.29. The minimum absolute atomic E-state index is 0.0425. The smallest absolute Gasteiger partial charge is 0.242 e. The van der Waals surface area contributed by atoms with Gasteiger partial charge in [0.25, 0.3) is 0 Å². The second kappa shape index (κ2) is 6.14. The molecule has 1 aromatic rings. The quantitative estimate of drug-likeness (QED) is 0.782. The fourth-order valence-corrected chi connectivity index (χ4v) is 2.43. The molecule has 1 rings (SSSR count). The molecule has 6 nitrogen and oxygen atoms in total. The third-order valence-electron chi connectivity index (χ3n) is 2.09. The lowest BCUT2D eigenvalue weighted by atomic mass is 10.2. The number of hydrogen-bond donors (Lipinski definition) is 2. The van der Waals surface area contributed by atoms with E-state index in [1.54, 1.807) is 19.1 Å². The molecule has 0 aliphatic heterocycles. The molecule has 7 heteroatoms. The Bertz CT molecular complexity index is 575. The number of benzene rings is 1. The van der Waals surface area contributed by atoms with Crippen LogP contribution in [-0.2, 0) is 14.8 Å². The van der Waals surface area contributed by atoms with E-state index in [4.69, 9.17) is 5.26 Å². The van der Waals surface area contributed by atoms with Gasteiger partial charge in [0.05, 0.1) is 17.0 Å². The molecule has 0 fully saturated rings. The normalized spacial score (nSPS) is 10.7. The highest BCUT2D eigenvalue weighted by Gasteiger charge is 2.18. The Labute approximate surface area is 106 Å². The van der Waals surface area contributed by atoms with E-state index in [9.17, 15) is 13.2 Å². The summed E-state index contributed by atoms with van der Waals surface area (Å²) in [6.45, 7) is 1.81.